The first-order chi connectivity index (χ1) is 7.85. The van der Waals surface area contributed by atoms with Gasteiger partial charge in [-0.3, -0.25) is 4.90 Å². The van der Waals surface area contributed by atoms with Crippen molar-refractivity contribution in [3.63, 3.8) is 0 Å². The lowest BCUT2D eigenvalue weighted by Gasteiger charge is -2.26. The molecular weight excluding hydrogens is 218 g/mol. The molecule has 4 heteroatoms. The lowest BCUT2D eigenvalue weighted by Crippen LogP contribution is -2.34. The van der Waals surface area contributed by atoms with Gasteiger partial charge in [-0.15, -0.1) is 0 Å². The first-order valence-corrected chi connectivity index (χ1v) is 6.03. The quantitative estimate of drug-likeness (QED) is 0.746. The SMILES string of the molecule is COC/C(C)=C1\CCCN1C(=O)OC(C)(C)C. The fraction of sp³-hybridized carbons (Fsp3) is 0.769. The van der Waals surface area contributed by atoms with Crippen molar-refractivity contribution in [2.24, 2.45) is 0 Å². The summed E-state index contributed by atoms with van der Waals surface area (Å²) in [5.41, 5.74) is 1.72. The second-order valence-corrected chi connectivity index (χ2v) is 5.40. The maximum absolute atomic E-state index is 12.0. The molecule has 0 bridgehead atoms. The van der Waals surface area contributed by atoms with E-state index < -0.39 is 5.60 Å². The van der Waals surface area contributed by atoms with Crippen LogP contribution in [0.1, 0.15) is 40.5 Å². The molecule has 17 heavy (non-hydrogen) atoms. The summed E-state index contributed by atoms with van der Waals surface area (Å²) in [6.07, 6.45) is 1.67. The molecule has 1 aliphatic rings. The zero-order chi connectivity index (χ0) is 13.1. The second kappa shape index (κ2) is 5.54. The maximum atomic E-state index is 12.0. The number of hydrogen-bond donors (Lipinski definition) is 0. The number of hydrogen-bond acceptors (Lipinski definition) is 3. The average Bonchev–Trinajstić information content (AvgIpc) is 2.63. The van der Waals surface area contributed by atoms with Gasteiger partial charge in [0.2, 0.25) is 0 Å². The number of nitrogens with zero attached hydrogens (tertiary/aromatic N) is 1. The van der Waals surface area contributed by atoms with Crippen LogP contribution >= 0.6 is 0 Å². The van der Waals surface area contributed by atoms with Crippen LogP contribution in [-0.4, -0.2) is 36.9 Å². The predicted molar refractivity (Wildman–Crippen MR) is 66.8 cm³/mol. The standard InChI is InChI=1S/C13H23NO3/c1-10(9-16-5)11-7-6-8-14(11)12(15)17-13(2,3)4/h6-9H2,1-5H3/b11-10+. The van der Waals surface area contributed by atoms with Gasteiger partial charge in [-0.05, 0) is 46.1 Å². The summed E-state index contributed by atoms with van der Waals surface area (Å²) in [5, 5.41) is 0. The molecule has 1 amide bonds. The average molecular weight is 241 g/mol. The first-order valence-electron chi connectivity index (χ1n) is 6.03. The molecule has 0 atom stereocenters. The largest absolute Gasteiger partial charge is 0.443 e. The van der Waals surface area contributed by atoms with Crippen LogP contribution in [0.2, 0.25) is 0 Å². The lowest BCUT2D eigenvalue weighted by atomic mass is 10.2. The zero-order valence-corrected chi connectivity index (χ0v) is 11.5. The minimum atomic E-state index is -0.444. The highest BCUT2D eigenvalue weighted by Gasteiger charge is 2.29. The third-order valence-electron chi connectivity index (χ3n) is 2.59. The van der Waals surface area contributed by atoms with Gasteiger partial charge in [0.25, 0.3) is 0 Å². The van der Waals surface area contributed by atoms with Crippen molar-refractivity contribution in [1.29, 1.82) is 0 Å². The van der Waals surface area contributed by atoms with Crippen molar-refractivity contribution in [3.05, 3.63) is 11.3 Å². The monoisotopic (exact) mass is 241 g/mol. The van der Waals surface area contributed by atoms with Crippen LogP contribution in [0.5, 0.6) is 0 Å². The van der Waals surface area contributed by atoms with Crippen molar-refractivity contribution in [2.75, 3.05) is 20.3 Å². The predicted octanol–water partition coefficient (Wildman–Crippen LogP) is 2.94. The van der Waals surface area contributed by atoms with E-state index in [0.29, 0.717) is 6.61 Å². The lowest BCUT2D eigenvalue weighted by molar-refractivity contribution is 0.0335. The molecule has 1 rings (SSSR count). The number of methoxy groups -OCH3 is 1. The van der Waals surface area contributed by atoms with E-state index in [1.807, 2.05) is 27.7 Å². The number of carbonyl (C=O) groups excluding carboxylic acids is 1. The van der Waals surface area contributed by atoms with Gasteiger partial charge < -0.3 is 9.47 Å². The third-order valence-corrected chi connectivity index (χ3v) is 2.59. The van der Waals surface area contributed by atoms with E-state index in [-0.39, 0.29) is 6.09 Å². The summed E-state index contributed by atoms with van der Waals surface area (Å²) in [5.74, 6) is 0. The zero-order valence-electron chi connectivity index (χ0n) is 11.5. The number of likely N-dealkylation sites (tertiary alicyclic amines) is 1. The minimum Gasteiger partial charge on any atom is -0.443 e. The van der Waals surface area contributed by atoms with E-state index in [2.05, 4.69) is 0 Å². The summed E-state index contributed by atoms with van der Waals surface area (Å²) in [4.78, 5) is 13.7. The van der Waals surface area contributed by atoms with E-state index in [1.165, 1.54) is 0 Å². The Bertz CT molecular complexity index is 315. The molecule has 1 heterocycles. The van der Waals surface area contributed by atoms with E-state index in [0.717, 1.165) is 30.7 Å². The Kier molecular flexibility index (Phi) is 4.57. The molecule has 0 aromatic carbocycles. The molecule has 0 aromatic heterocycles. The van der Waals surface area contributed by atoms with E-state index in [4.69, 9.17) is 9.47 Å². The normalized spacial score (nSPS) is 19.5. The van der Waals surface area contributed by atoms with Gasteiger partial charge in [0.1, 0.15) is 5.60 Å². The van der Waals surface area contributed by atoms with Crippen LogP contribution in [0.4, 0.5) is 4.79 Å². The molecule has 0 aromatic rings. The number of rotatable bonds is 2. The van der Waals surface area contributed by atoms with Gasteiger partial charge in [0.15, 0.2) is 0 Å². The molecule has 1 saturated heterocycles. The third kappa shape index (κ3) is 4.04. The summed E-state index contributed by atoms with van der Waals surface area (Å²) >= 11 is 0. The Hall–Kier alpha value is -1.03. The van der Waals surface area contributed by atoms with Gasteiger partial charge >= 0.3 is 6.09 Å². The Morgan fingerprint density at radius 3 is 2.59 bits per heavy atom. The van der Waals surface area contributed by atoms with Gasteiger partial charge in [-0.25, -0.2) is 4.79 Å². The number of carbonyl (C=O) groups is 1. The molecule has 0 N–H and O–H groups in total. The second-order valence-electron chi connectivity index (χ2n) is 5.40. The van der Waals surface area contributed by atoms with Crippen LogP contribution in [0, 0.1) is 0 Å². The molecule has 4 nitrogen and oxygen atoms in total. The molecule has 0 spiro atoms. The molecule has 0 radical (unpaired) electrons. The molecular formula is C13H23NO3. The Morgan fingerprint density at radius 1 is 1.41 bits per heavy atom. The highest BCUT2D eigenvalue weighted by molar-refractivity contribution is 5.71. The number of amides is 1. The van der Waals surface area contributed by atoms with E-state index in [1.54, 1.807) is 12.0 Å². The van der Waals surface area contributed by atoms with Crippen molar-refractivity contribution in [1.82, 2.24) is 4.90 Å². The van der Waals surface area contributed by atoms with Crippen molar-refractivity contribution < 1.29 is 14.3 Å². The summed E-state index contributed by atoms with van der Waals surface area (Å²) in [6, 6.07) is 0. The fourth-order valence-electron chi connectivity index (χ4n) is 1.94. The number of allylic oxidation sites excluding steroid dienone is 1. The smallest absolute Gasteiger partial charge is 0.414 e. The van der Waals surface area contributed by atoms with E-state index in [9.17, 15) is 4.79 Å². The molecule has 1 aliphatic heterocycles. The van der Waals surface area contributed by atoms with Crippen LogP contribution in [0.3, 0.4) is 0 Å². The van der Waals surface area contributed by atoms with Gasteiger partial charge in [0.05, 0.1) is 6.61 Å². The van der Waals surface area contributed by atoms with Crippen molar-refractivity contribution in [2.45, 2.75) is 46.1 Å². The summed E-state index contributed by atoms with van der Waals surface area (Å²) in [6.45, 7) is 8.95. The highest BCUT2D eigenvalue weighted by Crippen LogP contribution is 2.26. The summed E-state index contributed by atoms with van der Waals surface area (Å²) in [7, 11) is 1.66. The Labute approximate surface area is 104 Å². The van der Waals surface area contributed by atoms with Gasteiger partial charge in [-0.2, -0.15) is 0 Å². The molecule has 0 unspecified atom stereocenters. The van der Waals surface area contributed by atoms with Crippen LogP contribution < -0.4 is 0 Å². The first kappa shape index (κ1) is 14.0. The van der Waals surface area contributed by atoms with Crippen molar-refractivity contribution >= 4 is 6.09 Å². The fourth-order valence-corrected chi connectivity index (χ4v) is 1.94. The van der Waals surface area contributed by atoms with Gasteiger partial charge in [-0.1, -0.05) is 0 Å². The van der Waals surface area contributed by atoms with Crippen molar-refractivity contribution in [3.8, 4) is 0 Å². The van der Waals surface area contributed by atoms with Crippen LogP contribution in [0.15, 0.2) is 11.3 Å². The Morgan fingerprint density at radius 2 is 2.06 bits per heavy atom. The number of ether oxygens (including phenoxy) is 2. The topological polar surface area (TPSA) is 38.8 Å². The maximum Gasteiger partial charge on any atom is 0.414 e. The Balaban J connectivity index is 2.76. The highest BCUT2D eigenvalue weighted by atomic mass is 16.6. The van der Waals surface area contributed by atoms with E-state index >= 15 is 0 Å². The molecule has 98 valence electrons. The van der Waals surface area contributed by atoms with Gasteiger partial charge in [0, 0.05) is 19.4 Å². The molecule has 0 saturated carbocycles. The van der Waals surface area contributed by atoms with Crippen LogP contribution in [0.25, 0.3) is 0 Å². The van der Waals surface area contributed by atoms with Crippen LogP contribution in [-0.2, 0) is 9.47 Å². The minimum absolute atomic E-state index is 0.250. The summed E-state index contributed by atoms with van der Waals surface area (Å²) < 4.78 is 10.5. The molecule has 0 aliphatic carbocycles. The molecule has 1 fully saturated rings.